The lowest BCUT2D eigenvalue weighted by molar-refractivity contribution is -0.123. The number of nitriles is 1. The molecule has 158 valence electrons. The third-order valence-electron chi connectivity index (χ3n) is 4.45. The average molecular weight is 435 g/mol. The summed E-state index contributed by atoms with van der Waals surface area (Å²) in [4.78, 5) is 13.9. The average Bonchev–Trinajstić information content (AvgIpc) is 2.79. The number of hydrogen-bond acceptors (Lipinski definition) is 8. The van der Waals surface area contributed by atoms with E-state index in [-0.39, 0.29) is 17.2 Å². The van der Waals surface area contributed by atoms with Gasteiger partial charge in [0, 0.05) is 55.5 Å². The van der Waals surface area contributed by atoms with E-state index in [0.29, 0.717) is 28.2 Å². The number of carbonyl (C=O) groups is 1. The summed E-state index contributed by atoms with van der Waals surface area (Å²) in [5.41, 5.74) is 2.89. The van der Waals surface area contributed by atoms with Gasteiger partial charge < -0.3 is 19.7 Å². The fourth-order valence-corrected chi connectivity index (χ4v) is 3.32. The Bertz CT molecular complexity index is 1100. The summed E-state index contributed by atoms with van der Waals surface area (Å²) in [5, 5.41) is 20.5. The van der Waals surface area contributed by atoms with Crippen LogP contribution in [0.3, 0.4) is 0 Å². The van der Waals surface area contributed by atoms with Crippen molar-refractivity contribution in [1.82, 2.24) is 14.9 Å². The number of carbonyl (C=O) groups excluding carboxylic acids is 1. The Labute approximate surface area is 185 Å². The van der Waals surface area contributed by atoms with Crippen LogP contribution in [0.4, 0.5) is 5.69 Å². The summed E-state index contributed by atoms with van der Waals surface area (Å²) in [7, 11) is 5.14. The minimum atomic E-state index is -0.266. The van der Waals surface area contributed by atoms with Crippen LogP contribution in [0.2, 0.25) is 0 Å². The largest absolute Gasteiger partial charge is 0.457 e. The number of allylic oxidation sites excluding steroid dienone is 1. The molecule has 0 fully saturated rings. The van der Waals surface area contributed by atoms with Crippen LogP contribution in [0.25, 0.3) is 5.57 Å². The molecule has 0 unspecified atom stereocenters. The first kappa shape index (κ1) is 22.0. The number of benzene rings is 2. The molecule has 8 nitrogen and oxygen atoms in total. The highest BCUT2D eigenvalue weighted by molar-refractivity contribution is 7.98. The zero-order chi connectivity index (χ0) is 22.4. The predicted octanol–water partition coefficient (Wildman–Crippen LogP) is 3.48. The lowest BCUT2D eigenvalue weighted by atomic mass is 9.92. The van der Waals surface area contributed by atoms with Crippen molar-refractivity contribution in [3.05, 3.63) is 71.6 Å². The number of likely N-dealkylation sites (N-methyl/N-ethyl adjacent to an activating group) is 1. The summed E-state index contributed by atoms with van der Waals surface area (Å²) in [5.74, 6) is 0.814. The summed E-state index contributed by atoms with van der Waals surface area (Å²) in [6.07, 6.45) is 3.15. The maximum absolute atomic E-state index is 12.5. The molecule has 0 aliphatic carbocycles. The lowest BCUT2D eigenvalue weighted by Gasteiger charge is -2.25. The molecule has 4 N–H and O–H groups in total. The zero-order valence-electron chi connectivity index (χ0n) is 17.3. The molecule has 1 amide bonds. The van der Waals surface area contributed by atoms with Crippen LogP contribution in [0.5, 0.6) is 11.5 Å². The summed E-state index contributed by atoms with van der Waals surface area (Å²) >= 11 is 1.31. The van der Waals surface area contributed by atoms with E-state index >= 15 is 0 Å². The van der Waals surface area contributed by atoms with Crippen molar-refractivity contribution in [2.75, 3.05) is 25.9 Å². The first-order valence-electron chi connectivity index (χ1n) is 9.35. The van der Waals surface area contributed by atoms with E-state index in [1.54, 1.807) is 57.7 Å². The van der Waals surface area contributed by atoms with Gasteiger partial charge in [0.15, 0.2) is 0 Å². The van der Waals surface area contributed by atoms with E-state index in [4.69, 9.17) is 15.4 Å². The lowest BCUT2D eigenvalue weighted by Crippen LogP contribution is -2.33. The van der Waals surface area contributed by atoms with Gasteiger partial charge in [-0.25, -0.2) is 4.72 Å². The molecule has 2 aromatic rings. The second-order valence-corrected chi connectivity index (χ2v) is 7.35. The van der Waals surface area contributed by atoms with Gasteiger partial charge in [0.25, 0.3) is 5.91 Å². The van der Waals surface area contributed by atoms with Crippen molar-refractivity contribution < 1.29 is 9.53 Å². The van der Waals surface area contributed by atoms with E-state index in [0.717, 1.165) is 5.69 Å². The van der Waals surface area contributed by atoms with E-state index in [1.807, 2.05) is 12.1 Å². The maximum atomic E-state index is 12.5. The minimum absolute atomic E-state index is 0.0977. The molecule has 3 rings (SSSR count). The molecule has 0 radical (unpaired) electrons. The smallest absolute Gasteiger partial charge is 0.261 e. The Morgan fingerprint density at radius 2 is 1.94 bits per heavy atom. The third kappa shape index (κ3) is 4.88. The molecule has 0 atom stereocenters. The number of ether oxygens (including phenoxy) is 1. The molecule has 31 heavy (non-hydrogen) atoms. The zero-order valence-corrected chi connectivity index (χ0v) is 18.1. The number of rotatable bonds is 7. The van der Waals surface area contributed by atoms with Crippen LogP contribution >= 0.6 is 12.1 Å². The second-order valence-electron chi connectivity index (χ2n) is 6.54. The minimum Gasteiger partial charge on any atom is -0.457 e. The summed E-state index contributed by atoms with van der Waals surface area (Å²) < 4.78 is 12.2. The fourth-order valence-electron chi connectivity index (χ4n) is 2.97. The first-order chi connectivity index (χ1) is 15.0. The number of nitrogens with one attached hydrogen (secondary N) is 4. The standard InChI is InChI=1S/C22H22N6O2S/c1-25-12-18-21(24)19(13-28(3)22(18)29)17-10-15(27-31-26-2)6-9-20(17)30-16-7-4-14(11-23)5-8-16/h4-10,12-13,24-27H,1-3H3/b18-12+,24-21?. The van der Waals surface area contributed by atoms with Crippen molar-refractivity contribution in [1.29, 1.82) is 10.7 Å². The molecular weight excluding hydrogens is 412 g/mol. The topological polar surface area (TPSA) is 113 Å². The molecule has 0 saturated heterocycles. The van der Waals surface area contributed by atoms with Gasteiger partial charge in [-0.2, -0.15) is 5.26 Å². The monoisotopic (exact) mass is 434 g/mol. The molecule has 0 spiro atoms. The highest BCUT2D eigenvalue weighted by Gasteiger charge is 2.29. The Morgan fingerprint density at radius 3 is 2.58 bits per heavy atom. The van der Waals surface area contributed by atoms with E-state index in [1.165, 1.54) is 23.2 Å². The third-order valence-corrected chi connectivity index (χ3v) is 4.99. The Balaban J connectivity index is 2.07. The van der Waals surface area contributed by atoms with Crippen LogP contribution in [0.15, 0.2) is 60.4 Å². The number of nitrogens with zero attached hydrogens (tertiary/aromatic N) is 2. The summed E-state index contributed by atoms with van der Waals surface area (Å²) in [6, 6.07) is 14.4. The normalized spacial score (nSPS) is 14.8. The van der Waals surface area contributed by atoms with Crippen LogP contribution in [-0.2, 0) is 4.79 Å². The van der Waals surface area contributed by atoms with Crippen molar-refractivity contribution in [3.8, 4) is 17.6 Å². The Morgan fingerprint density at radius 1 is 1.19 bits per heavy atom. The van der Waals surface area contributed by atoms with Crippen LogP contribution in [0, 0.1) is 16.7 Å². The van der Waals surface area contributed by atoms with Crippen molar-refractivity contribution >= 4 is 35.0 Å². The fraction of sp³-hybridized carbons (Fsp3) is 0.136. The molecule has 1 aliphatic rings. The van der Waals surface area contributed by atoms with Gasteiger partial charge in [-0.05, 0) is 49.5 Å². The molecule has 9 heteroatoms. The van der Waals surface area contributed by atoms with Crippen molar-refractivity contribution in [2.24, 2.45) is 0 Å². The Kier molecular flexibility index (Phi) is 6.97. The first-order valence-corrected chi connectivity index (χ1v) is 10.2. The van der Waals surface area contributed by atoms with E-state index < -0.39 is 0 Å². The van der Waals surface area contributed by atoms with Gasteiger partial charge >= 0.3 is 0 Å². The van der Waals surface area contributed by atoms with E-state index in [9.17, 15) is 4.79 Å². The van der Waals surface area contributed by atoms with Crippen LogP contribution in [0.1, 0.15) is 11.1 Å². The van der Waals surface area contributed by atoms with Crippen LogP contribution in [-0.4, -0.2) is 37.7 Å². The number of hydrogen-bond donors (Lipinski definition) is 4. The molecule has 1 heterocycles. The van der Waals surface area contributed by atoms with Gasteiger partial charge in [0.1, 0.15) is 11.5 Å². The highest BCUT2D eigenvalue weighted by Crippen LogP contribution is 2.36. The Hall–Kier alpha value is -3.74. The molecule has 0 bridgehead atoms. The highest BCUT2D eigenvalue weighted by atomic mass is 32.2. The quantitative estimate of drug-likeness (QED) is 0.390. The number of anilines is 1. The maximum Gasteiger partial charge on any atom is 0.261 e. The number of amides is 1. The molecule has 1 aliphatic heterocycles. The van der Waals surface area contributed by atoms with Crippen LogP contribution < -0.4 is 19.5 Å². The predicted molar refractivity (Wildman–Crippen MR) is 124 cm³/mol. The van der Waals surface area contributed by atoms with E-state index in [2.05, 4.69) is 20.8 Å². The van der Waals surface area contributed by atoms with Gasteiger partial charge in [0.05, 0.1) is 22.9 Å². The molecule has 0 saturated carbocycles. The second kappa shape index (κ2) is 9.84. The van der Waals surface area contributed by atoms with Crippen molar-refractivity contribution in [3.63, 3.8) is 0 Å². The van der Waals surface area contributed by atoms with Crippen molar-refractivity contribution in [2.45, 2.75) is 0 Å². The van der Waals surface area contributed by atoms with Gasteiger partial charge in [-0.15, -0.1) is 0 Å². The van der Waals surface area contributed by atoms with Gasteiger partial charge in [-0.3, -0.25) is 10.2 Å². The summed E-state index contributed by atoms with van der Waals surface area (Å²) in [6.45, 7) is 0. The SMILES string of the molecule is CN/C=C1\C(=N)C(c2cc(NSNC)ccc2Oc2ccc(C#N)cc2)=CN(C)C1=O. The molecule has 0 aromatic heterocycles. The molecular formula is C22H22N6O2S. The van der Waals surface area contributed by atoms with Gasteiger partial charge in [-0.1, -0.05) is 0 Å². The molecule has 2 aromatic carbocycles. The van der Waals surface area contributed by atoms with Gasteiger partial charge in [0.2, 0.25) is 0 Å².